The number of Topliss-reactive ketones (excluding diaryl/α,β-unsaturated/α-hetero) is 1. The van der Waals surface area contributed by atoms with Crippen LogP contribution in [-0.2, 0) is 38.6 Å². The molecule has 184 valence electrons. The van der Waals surface area contributed by atoms with Crippen LogP contribution in [0.2, 0.25) is 0 Å². The number of fused-ring (bicyclic) bond motifs is 1. The molecule has 1 aliphatic carbocycles. The normalized spacial score (nSPS) is 16.0. The third kappa shape index (κ3) is 4.90. The summed E-state index contributed by atoms with van der Waals surface area (Å²) in [5, 5.41) is 0.581. The number of esters is 1. The summed E-state index contributed by atoms with van der Waals surface area (Å²) in [5.41, 5.74) is 2.19. The molecule has 0 radical (unpaired) electrons. The van der Waals surface area contributed by atoms with Gasteiger partial charge in [-0.1, -0.05) is 84.9 Å². The van der Waals surface area contributed by atoms with Crippen molar-refractivity contribution in [3.63, 3.8) is 0 Å². The number of rotatable bonds is 6. The Bertz CT molecular complexity index is 1260. The first-order chi connectivity index (χ1) is 17.5. The molecule has 36 heavy (non-hydrogen) atoms. The van der Waals surface area contributed by atoms with Gasteiger partial charge in [-0.3, -0.25) is 4.79 Å². The van der Waals surface area contributed by atoms with Crippen LogP contribution in [0.1, 0.15) is 27.0 Å². The highest BCUT2D eigenvalue weighted by molar-refractivity contribution is 6.21. The Kier molecular flexibility index (Phi) is 7.29. The first kappa shape index (κ1) is 24.5. The summed E-state index contributed by atoms with van der Waals surface area (Å²) >= 11 is 0. The number of hydrogen-bond donors (Lipinski definition) is 1. The van der Waals surface area contributed by atoms with Crippen molar-refractivity contribution in [2.75, 3.05) is 7.11 Å². The summed E-state index contributed by atoms with van der Waals surface area (Å²) in [7, 11) is 1.10. The number of methoxy groups -OCH3 is 1. The van der Waals surface area contributed by atoms with Crippen molar-refractivity contribution in [1.29, 1.82) is 0 Å². The minimum atomic E-state index is -2.21. The largest absolute Gasteiger partial charge is 0.467 e. The van der Waals surface area contributed by atoms with Crippen molar-refractivity contribution >= 4 is 23.9 Å². The van der Waals surface area contributed by atoms with E-state index in [-0.39, 0.29) is 25.2 Å². The third-order valence-corrected chi connectivity index (χ3v) is 5.79. The van der Waals surface area contributed by atoms with Crippen molar-refractivity contribution in [2.24, 2.45) is 0 Å². The number of hydrogen-bond acceptors (Lipinski definition) is 7. The first-order valence-electron chi connectivity index (χ1n) is 11.1. The van der Waals surface area contributed by atoms with E-state index in [0.717, 1.165) is 7.11 Å². The lowest BCUT2D eigenvalue weighted by atomic mass is 9.93. The zero-order valence-electron chi connectivity index (χ0n) is 19.5. The molecule has 3 aromatic rings. The zero-order valence-corrected chi connectivity index (χ0v) is 19.5. The van der Waals surface area contributed by atoms with Gasteiger partial charge in [0.15, 0.2) is 0 Å². The molecular formula is C27H24N2O7. The highest BCUT2D eigenvalue weighted by Crippen LogP contribution is 2.35. The Morgan fingerprint density at radius 1 is 0.833 bits per heavy atom. The van der Waals surface area contributed by atoms with E-state index in [0.29, 0.717) is 21.7 Å². The predicted molar refractivity (Wildman–Crippen MR) is 127 cm³/mol. The molecule has 0 heterocycles. The van der Waals surface area contributed by atoms with Gasteiger partial charge in [-0.2, -0.15) is 5.01 Å². The summed E-state index contributed by atoms with van der Waals surface area (Å²) in [5.74, 6) is -1.73. The molecule has 1 unspecified atom stereocenters. The van der Waals surface area contributed by atoms with E-state index in [1.807, 2.05) is 12.1 Å². The molecule has 1 aliphatic rings. The Morgan fingerprint density at radius 3 is 1.97 bits per heavy atom. The highest BCUT2D eigenvalue weighted by Gasteiger charge is 2.60. The monoisotopic (exact) mass is 488 g/mol. The molecule has 9 heteroatoms. The van der Waals surface area contributed by atoms with Crippen molar-refractivity contribution in [2.45, 2.75) is 25.2 Å². The van der Waals surface area contributed by atoms with Gasteiger partial charge in [0.2, 0.25) is 11.3 Å². The summed E-state index contributed by atoms with van der Waals surface area (Å²) in [4.78, 5) is 52.7. The quantitative estimate of drug-likeness (QED) is 0.243. The van der Waals surface area contributed by atoms with Crippen LogP contribution in [0.3, 0.4) is 0 Å². The van der Waals surface area contributed by atoms with Crippen LogP contribution in [-0.4, -0.2) is 41.6 Å². The summed E-state index contributed by atoms with van der Waals surface area (Å²) in [6, 6.07) is 24.3. The van der Waals surface area contributed by atoms with Gasteiger partial charge in [0.05, 0.1) is 7.11 Å². The van der Waals surface area contributed by atoms with E-state index in [4.69, 9.17) is 14.2 Å². The van der Waals surface area contributed by atoms with Crippen molar-refractivity contribution in [3.8, 4) is 0 Å². The molecule has 0 spiro atoms. The third-order valence-electron chi connectivity index (χ3n) is 5.79. The van der Waals surface area contributed by atoms with Crippen molar-refractivity contribution in [1.82, 2.24) is 10.4 Å². The van der Waals surface area contributed by atoms with Crippen LogP contribution in [0.5, 0.6) is 0 Å². The topological polar surface area (TPSA) is 111 Å². The second-order valence-electron chi connectivity index (χ2n) is 8.06. The molecule has 1 N–H and O–H groups in total. The van der Waals surface area contributed by atoms with Crippen molar-refractivity contribution < 1.29 is 33.4 Å². The van der Waals surface area contributed by atoms with Gasteiger partial charge in [-0.25, -0.2) is 19.8 Å². The number of ether oxygens (including phenoxy) is 3. The predicted octanol–water partition coefficient (Wildman–Crippen LogP) is 3.82. The SMILES string of the molecule is COC(=O)C1(N(NC(=O)OCc2ccccc2)C(=O)OCc2ccccc2)Cc2ccccc2C1=O. The fraction of sp³-hybridized carbons (Fsp3) is 0.185. The molecule has 4 rings (SSSR count). The number of carbonyl (C=O) groups is 4. The van der Waals surface area contributed by atoms with E-state index in [1.54, 1.807) is 72.8 Å². The van der Waals surface area contributed by atoms with Crippen LogP contribution in [0, 0.1) is 0 Å². The number of ketones is 1. The van der Waals surface area contributed by atoms with E-state index >= 15 is 0 Å². The van der Waals surface area contributed by atoms with Crippen LogP contribution >= 0.6 is 0 Å². The number of amides is 2. The van der Waals surface area contributed by atoms with E-state index in [9.17, 15) is 19.2 Å². The number of carbonyl (C=O) groups excluding carboxylic acids is 4. The number of nitrogens with one attached hydrogen (secondary N) is 1. The Balaban J connectivity index is 1.63. The van der Waals surface area contributed by atoms with Gasteiger partial charge in [0.25, 0.3) is 0 Å². The minimum Gasteiger partial charge on any atom is -0.467 e. The van der Waals surface area contributed by atoms with E-state index in [1.165, 1.54) is 0 Å². The standard InChI is InChI=1S/C27H24N2O7/c1-34-24(31)27(16-21-14-8-9-15-22(21)23(27)30)29(26(33)36-18-20-12-6-3-7-13-20)28-25(32)35-17-19-10-4-2-5-11-19/h2-15H,16-18H2,1H3,(H,28,32). The highest BCUT2D eigenvalue weighted by atomic mass is 16.6. The molecule has 2 amide bonds. The molecule has 0 saturated heterocycles. The number of hydrazine groups is 1. The van der Waals surface area contributed by atoms with Gasteiger partial charge >= 0.3 is 18.2 Å². The van der Waals surface area contributed by atoms with Crippen LogP contribution in [0.4, 0.5) is 9.59 Å². The number of benzene rings is 3. The summed E-state index contributed by atoms with van der Waals surface area (Å²) < 4.78 is 15.6. The summed E-state index contributed by atoms with van der Waals surface area (Å²) in [6.07, 6.45) is -2.39. The molecular weight excluding hydrogens is 464 g/mol. The smallest absolute Gasteiger partial charge is 0.430 e. The Labute approximate surface area is 207 Å². The molecule has 0 saturated carbocycles. The van der Waals surface area contributed by atoms with Gasteiger partial charge in [-0.05, 0) is 16.7 Å². The average molecular weight is 488 g/mol. The van der Waals surface area contributed by atoms with Crippen LogP contribution in [0.15, 0.2) is 84.9 Å². The second-order valence-corrected chi connectivity index (χ2v) is 8.06. The lowest BCUT2D eigenvalue weighted by Crippen LogP contribution is -2.67. The molecule has 9 nitrogen and oxygen atoms in total. The summed E-state index contributed by atoms with van der Waals surface area (Å²) in [6.45, 7) is -0.256. The lowest BCUT2D eigenvalue weighted by Gasteiger charge is -2.35. The maximum atomic E-state index is 13.6. The average Bonchev–Trinajstić information content (AvgIpc) is 3.22. The lowest BCUT2D eigenvalue weighted by molar-refractivity contribution is -0.152. The van der Waals surface area contributed by atoms with Crippen LogP contribution < -0.4 is 5.43 Å². The van der Waals surface area contributed by atoms with Gasteiger partial charge in [0.1, 0.15) is 13.2 Å². The Morgan fingerprint density at radius 2 is 1.39 bits per heavy atom. The van der Waals surface area contributed by atoms with E-state index < -0.39 is 29.5 Å². The molecule has 3 aromatic carbocycles. The van der Waals surface area contributed by atoms with E-state index in [2.05, 4.69) is 5.43 Å². The van der Waals surface area contributed by atoms with Gasteiger partial charge in [-0.15, -0.1) is 0 Å². The zero-order chi connectivity index (χ0) is 25.5. The Hall–Kier alpha value is -4.66. The molecule has 0 fully saturated rings. The fourth-order valence-electron chi connectivity index (χ4n) is 4.01. The van der Waals surface area contributed by atoms with Crippen molar-refractivity contribution in [3.05, 3.63) is 107 Å². The number of nitrogens with zero attached hydrogens (tertiary/aromatic N) is 1. The van der Waals surface area contributed by atoms with Gasteiger partial charge in [0, 0.05) is 12.0 Å². The molecule has 0 bridgehead atoms. The molecule has 1 atom stereocenters. The fourth-order valence-corrected chi connectivity index (χ4v) is 4.01. The van der Waals surface area contributed by atoms with Gasteiger partial charge < -0.3 is 14.2 Å². The minimum absolute atomic E-state index is 0.0982. The maximum Gasteiger partial charge on any atom is 0.430 e. The molecule has 0 aromatic heterocycles. The second kappa shape index (κ2) is 10.7. The van der Waals surface area contributed by atoms with Crippen LogP contribution in [0.25, 0.3) is 0 Å². The first-order valence-corrected chi connectivity index (χ1v) is 11.1. The maximum absolute atomic E-state index is 13.6. The molecule has 0 aliphatic heterocycles.